The van der Waals surface area contributed by atoms with E-state index in [-0.39, 0.29) is 39.2 Å². The second kappa shape index (κ2) is 14.3. The van der Waals surface area contributed by atoms with Crippen LogP contribution in [0.15, 0.2) is 134 Å². The summed E-state index contributed by atoms with van der Waals surface area (Å²) in [7, 11) is 0. The van der Waals surface area contributed by atoms with Gasteiger partial charge in [-0.15, -0.1) is 0 Å². The van der Waals surface area contributed by atoms with E-state index >= 15 is 8.78 Å². The number of hydrogen-bond donors (Lipinski definition) is 0. The minimum atomic E-state index is -3.30. The van der Waals surface area contributed by atoms with Gasteiger partial charge < -0.3 is 14.2 Å². The van der Waals surface area contributed by atoms with E-state index in [2.05, 4.69) is 15.0 Å². The molecule has 3 heterocycles. The summed E-state index contributed by atoms with van der Waals surface area (Å²) in [6.07, 6.45) is -4.26. The Balaban J connectivity index is 1.28. The van der Waals surface area contributed by atoms with Gasteiger partial charge in [0.25, 0.3) is 17.7 Å². The largest absolute Gasteiger partial charge is 0.456 e. The number of carbonyl (C=O) groups is 4. The van der Waals surface area contributed by atoms with Gasteiger partial charge in [-0.3, -0.25) is 14.2 Å². The van der Waals surface area contributed by atoms with Gasteiger partial charge in [0, 0.05) is 11.1 Å². The van der Waals surface area contributed by atoms with Crippen LogP contribution in [0, 0.1) is 0 Å². The van der Waals surface area contributed by atoms with Gasteiger partial charge >= 0.3 is 11.9 Å². The third-order valence-corrected chi connectivity index (χ3v) is 8.23. The Morgan fingerprint density at radius 3 is 1.75 bits per heavy atom. The molecule has 1 saturated heterocycles. The molecule has 0 radical (unpaired) electrons. The van der Waals surface area contributed by atoms with E-state index in [1.165, 1.54) is 48.5 Å². The molecule has 0 unspecified atom stereocenters. The van der Waals surface area contributed by atoms with Crippen LogP contribution in [0.4, 0.5) is 14.6 Å². The molecule has 1 fully saturated rings. The number of ether oxygens (including phenoxy) is 3. The van der Waals surface area contributed by atoms with Crippen LogP contribution < -0.4 is 4.90 Å². The molecular weight excluding hydrogens is 676 g/mol. The quantitative estimate of drug-likeness (QED) is 0.131. The molecule has 2 amide bonds. The van der Waals surface area contributed by atoms with Gasteiger partial charge in [0.2, 0.25) is 6.17 Å². The number of esters is 2. The third-order valence-electron chi connectivity index (χ3n) is 8.23. The Morgan fingerprint density at radius 2 is 1.21 bits per heavy atom. The number of halogens is 2. The average Bonchev–Trinajstić information content (AvgIpc) is 3.73. The number of anilines is 1. The smallest absolute Gasteiger partial charge is 0.338 e. The van der Waals surface area contributed by atoms with Gasteiger partial charge in [0.05, 0.1) is 17.5 Å². The molecule has 0 N–H and O–H groups in total. The predicted octanol–water partition coefficient (Wildman–Crippen LogP) is 5.93. The van der Waals surface area contributed by atoms with Gasteiger partial charge in [-0.1, -0.05) is 72.8 Å². The van der Waals surface area contributed by atoms with Crippen molar-refractivity contribution < 1.29 is 42.2 Å². The monoisotopic (exact) mass is 703 g/mol. The van der Waals surface area contributed by atoms with E-state index in [0.29, 0.717) is 0 Å². The van der Waals surface area contributed by atoms with Crippen LogP contribution in [-0.2, 0) is 14.2 Å². The van der Waals surface area contributed by atoms with Gasteiger partial charge in [0.15, 0.2) is 35.9 Å². The van der Waals surface area contributed by atoms with Crippen molar-refractivity contribution in [3.05, 3.63) is 156 Å². The Bertz CT molecular complexity index is 2190. The zero-order valence-electron chi connectivity index (χ0n) is 27.0. The topological polar surface area (TPSA) is 143 Å². The fourth-order valence-corrected chi connectivity index (χ4v) is 5.65. The summed E-state index contributed by atoms with van der Waals surface area (Å²) in [6, 6.07) is 31.4. The predicted molar refractivity (Wildman–Crippen MR) is 181 cm³/mol. The van der Waals surface area contributed by atoms with E-state index < -0.39 is 54.7 Å². The summed E-state index contributed by atoms with van der Waals surface area (Å²) in [4.78, 5) is 67.3. The highest BCUT2D eigenvalue weighted by molar-refractivity contribution is 6.27. The van der Waals surface area contributed by atoms with Gasteiger partial charge in [0.1, 0.15) is 6.33 Å². The first-order valence-corrected chi connectivity index (χ1v) is 15.9. The maximum Gasteiger partial charge on any atom is 0.338 e. The van der Waals surface area contributed by atoms with Crippen LogP contribution in [0.1, 0.15) is 47.7 Å². The molecule has 2 aromatic heterocycles. The Hall–Kier alpha value is -6.67. The van der Waals surface area contributed by atoms with Crippen LogP contribution in [0.5, 0.6) is 0 Å². The standard InChI is InChI=1S/C38H27F2N5O7/c39-30-29(51-37(49)27-19-11-4-12-20-27)35(52-38(30,40)21-50-36(48)26-17-9-3-10-18-26)44-23-43-28-31(44)41-22-42-32(28)45(33(46)24-13-5-1-6-14-24)34(47)25-15-7-2-8-16-25/h1-20,22-23,29-30,35H,21H2/t29-,30+,35-,38-/m1/s1. The molecule has 1 aliphatic heterocycles. The van der Waals surface area contributed by atoms with Crippen molar-refractivity contribution in [1.82, 2.24) is 19.5 Å². The third kappa shape index (κ3) is 6.50. The van der Waals surface area contributed by atoms with Crippen LogP contribution in [0.3, 0.4) is 0 Å². The summed E-state index contributed by atoms with van der Waals surface area (Å²) in [5.41, 5.74) is 0.229. The number of imide groups is 1. The second-order valence-electron chi connectivity index (χ2n) is 11.6. The highest BCUT2D eigenvalue weighted by Crippen LogP contribution is 2.44. The summed E-state index contributed by atoms with van der Waals surface area (Å²) in [5, 5.41) is 0. The van der Waals surface area contributed by atoms with E-state index in [1.54, 1.807) is 72.8 Å². The molecule has 0 aliphatic carbocycles. The number of hydrogen-bond acceptors (Lipinski definition) is 10. The molecule has 7 rings (SSSR count). The van der Waals surface area contributed by atoms with Gasteiger partial charge in [-0.05, 0) is 48.5 Å². The van der Waals surface area contributed by atoms with Crippen molar-refractivity contribution in [1.29, 1.82) is 0 Å². The zero-order valence-corrected chi connectivity index (χ0v) is 27.0. The van der Waals surface area contributed by atoms with Crippen LogP contribution in [0.2, 0.25) is 0 Å². The van der Waals surface area contributed by atoms with Crippen LogP contribution in [0.25, 0.3) is 11.2 Å². The van der Waals surface area contributed by atoms with Crippen molar-refractivity contribution in [2.24, 2.45) is 0 Å². The first-order chi connectivity index (χ1) is 25.2. The molecular formula is C38H27F2N5O7. The summed E-state index contributed by atoms with van der Waals surface area (Å²) in [5.74, 6) is -6.93. The Morgan fingerprint density at radius 1 is 0.712 bits per heavy atom. The Labute approximate surface area is 294 Å². The molecule has 0 saturated carbocycles. The van der Waals surface area contributed by atoms with Crippen molar-refractivity contribution in [2.45, 2.75) is 24.4 Å². The maximum absolute atomic E-state index is 16.5. The van der Waals surface area contributed by atoms with Crippen LogP contribution >= 0.6 is 0 Å². The SMILES string of the molecule is O=C(OC[C@@]1(F)O[C@@H](n2cnc3c(N(C(=O)c4ccccc4)C(=O)c4ccccc4)ncnc32)[C@H](OC(=O)c2ccccc2)[C@@H]1F)c1ccccc1. The lowest BCUT2D eigenvalue weighted by Crippen LogP contribution is -2.42. The summed E-state index contributed by atoms with van der Waals surface area (Å²) < 4.78 is 50.1. The van der Waals surface area contributed by atoms with E-state index in [4.69, 9.17) is 14.2 Å². The molecule has 12 nitrogen and oxygen atoms in total. The number of alkyl halides is 2. The van der Waals surface area contributed by atoms with Crippen molar-refractivity contribution in [3.8, 4) is 0 Å². The lowest BCUT2D eigenvalue weighted by Gasteiger charge is -2.22. The zero-order chi connectivity index (χ0) is 36.2. The molecule has 0 spiro atoms. The minimum absolute atomic E-state index is 0.0508. The number of amides is 2. The molecule has 4 aromatic carbocycles. The molecule has 0 bridgehead atoms. The summed E-state index contributed by atoms with van der Waals surface area (Å²) >= 11 is 0. The van der Waals surface area contributed by atoms with Crippen molar-refractivity contribution in [2.75, 3.05) is 11.5 Å². The number of imidazole rings is 1. The second-order valence-corrected chi connectivity index (χ2v) is 11.6. The summed E-state index contributed by atoms with van der Waals surface area (Å²) in [6.45, 7) is -1.20. The fraction of sp³-hybridized carbons (Fsp3) is 0.132. The molecule has 4 atom stereocenters. The number of benzene rings is 4. The molecule has 260 valence electrons. The first-order valence-electron chi connectivity index (χ1n) is 15.9. The lowest BCUT2D eigenvalue weighted by molar-refractivity contribution is -0.195. The van der Waals surface area contributed by atoms with Crippen LogP contribution in [-0.4, -0.2) is 68.0 Å². The first kappa shape index (κ1) is 33.8. The minimum Gasteiger partial charge on any atom is -0.456 e. The molecule has 1 aliphatic rings. The van der Waals surface area contributed by atoms with E-state index in [9.17, 15) is 19.2 Å². The average molecular weight is 704 g/mol. The Kier molecular flexibility index (Phi) is 9.29. The molecule has 6 aromatic rings. The van der Waals surface area contributed by atoms with E-state index in [0.717, 1.165) is 22.1 Å². The van der Waals surface area contributed by atoms with Gasteiger partial charge in [-0.2, -0.15) is 0 Å². The number of nitrogens with zero attached hydrogens (tertiary/aromatic N) is 5. The number of aromatic nitrogens is 4. The van der Waals surface area contributed by atoms with Crippen molar-refractivity contribution >= 4 is 40.7 Å². The van der Waals surface area contributed by atoms with E-state index in [1.807, 2.05) is 0 Å². The number of fused-ring (bicyclic) bond motifs is 1. The molecule has 52 heavy (non-hydrogen) atoms. The van der Waals surface area contributed by atoms with Crippen molar-refractivity contribution in [3.63, 3.8) is 0 Å². The van der Waals surface area contributed by atoms with Gasteiger partial charge in [-0.25, -0.2) is 38.2 Å². The lowest BCUT2D eigenvalue weighted by atomic mass is 10.1. The number of rotatable bonds is 9. The number of carbonyl (C=O) groups excluding carboxylic acids is 4. The maximum atomic E-state index is 16.5. The molecule has 14 heteroatoms. The highest BCUT2D eigenvalue weighted by atomic mass is 19.2. The highest BCUT2D eigenvalue weighted by Gasteiger charge is 2.61. The normalized spacial score (nSPS) is 19.5. The fourth-order valence-electron chi connectivity index (χ4n) is 5.65.